The molecule has 0 radical (unpaired) electrons. The number of hydrogen-bond donors (Lipinski definition) is 1. The van der Waals surface area contributed by atoms with Gasteiger partial charge in [-0.05, 0) is 18.2 Å². The van der Waals surface area contributed by atoms with Crippen LogP contribution in [0.15, 0.2) is 30.6 Å². The van der Waals surface area contributed by atoms with Gasteiger partial charge in [0.15, 0.2) is 4.96 Å². The van der Waals surface area contributed by atoms with Crippen molar-refractivity contribution in [2.24, 2.45) is 0 Å². The summed E-state index contributed by atoms with van der Waals surface area (Å²) < 4.78 is 8.44. The fourth-order valence-electron chi connectivity index (χ4n) is 2.84. The molecule has 0 bridgehead atoms. The molecule has 1 fully saturated rings. The molecule has 1 aliphatic heterocycles. The number of carbonyl (C=O) groups excluding carboxylic acids is 1. The normalized spacial score (nSPS) is 16.2. The Hall–Kier alpha value is -1.96. The number of carbonyl (C=O) groups is 1. The van der Waals surface area contributed by atoms with E-state index in [1.54, 1.807) is 17.5 Å². The average molecular weight is 330 g/mol. The van der Waals surface area contributed by atoms with Crippen molar-refractivity contribution < 1.29 is 9.53 Å². The van der Waals surface area contributed by atoms with Crippen molar-refractivity contribution in [2.45, 2.75) is 0 Å². The van der Waals surface area contributed by atoms with Crippen molar-refractivity contribution >= 4 is 32.4 Å². The van der Waals surface area contributed by atoms with Gasteiger partial charge in [-0.15, -0.1) is 0 Å². The van der Waals surface area contributed by atoms with Crippen LogP contribution >= 0.6 is 11.3 Å². The number of nitrogens with one attached hydrogen (secondary N) is 1. The number of nitrogens with zero attached hydrogens (tertiary/aromatic N) is 3. The maximum atomic E-state index is 12.3. The zero-order valence-electron chi connectivity index (χ0n) is 12.7. The minimum Gasteiger partial charge on any atom is -0.379 e. The van der Waals surface area contributed by atoms with Crippen LogP contribution in [-0.4, -0.2) is 59.6 Å². The van der Waals surface area contributed by atoms with Gasteiger partial charge >= 0.3 is 0 Å². The van der Waals surface area contributed by atoms with E-state index in [-0.39, 0.29) is 5.91 Å². The van der Waals surface area contributed by atoms with Gasteiger partial charge in [0.1, 0.15) is 0 Å². The Morgan fingerprint density at radius 1 is 1.35 bits per heavy atom. The summed E-state index contributed by atoms with van der Waals surface area (Å²) in [5.41, 5.74) is 1.79. The van der Waals surface area contributed by atoms with Crippen molar-refractivity contribution in [1.82, 2.24) is 19.6 Å². The van der Waals surface area contributed by atoms with Crippen LogP contribution in [0.1, 0.15) is 10.4 Å². The highest BCUT2D eigenvalue weighted by Crippen LogP contribution is 2.26. The van der Waals surface area contributed by atoms with Gasteiger partial charge in [0.05, 0.1) is 23.4 Å². The Morgan fingerprint density at radius 3 is 3.09 bits per heavy atom. The lowest BCUT2D eigenvalue weighted by Gasteiger charge is -2.26. The van der Waals surface area contributed by atoms with Crippen LogP contribution in [0.3, 0.4) is 0 Å². The molecular formula is C16H18N4O2S. The van der Waals surface area contributed by atoms with Gasteiger partial charge in [-0.1, -0.05) is 11.3 Å². The number of aromatic nitrogens is 2. The molecule has 120 valence electrons. The predicted molar refractivity (Wildman–Crippen MR) is 90.2 cm³/mol. The first kappa shape index (κ1) is 14.6. The first-order valence-electron chi connectivity index (χ1n) is 7.75. The summed E-state index contributed by atoms with van der Waals surface area (Å²) >= 11 is 1.60. The van der Waals surface area contributed by atoms with Gasteiger partial charge in [-0.2, -0.15) is 0 Å². The van der Waals surface area contributed by atoms with Crippen molar-refractivity contribution in [1.29, 1.82) is 0 Å². The largest absolute Gasteiger partial charge is 0.379 e. The quantitative estimate of drug-likeness (QED) is 0.790. The fraction of sp³-hybridized carbons (Fsp3) is 0.375. The van der Waals surface area contributed by atoms with Gasteiger partial charge in [-0.3, -0.25) is 14.1 Å². The van der Waals surface area contributed by atoms with Crippen LogP contribution in [0.2, 0.25) is 0 Å². The van der Waals surface area contributed by atoms with E-state index in [9.17, 15) is 4.79 Å². The number of imidazole rings is 1. The molecule has 3 heterocycles. The van der Waals surface area contributed by atoms with E-state index in [4.69, 9.17) is 4.74 Å². The lowest BCUT2D eigenvalue weighted by molar-refractivity contribution is 0.0383. The minimum absolute atomic E-state index is 0.0220. The van der Waals surface area contributed by atoms with E-state index in [0.717, 1.165) is 48.0 Å². The minimum atomic E-state index is -0.0220. The van der Waals surface area contributed by atoms with Crippen molar-refractivity contribution in [2.75, 3.05) is 39.4 Å². The number of rotatable bonds is 4. The maximum Gasteiger partial charge on any atom is 0.251 e. The molecule has 7 heteroatoms. The Labute approximate surface area is 137 Å². The average Bonchev–Trinajstić information content (AvgIpc) is 3.16. The molecule has 0 atom stereocenters. The van der Waals surface area contributed by atoms with E-state index in [2.05, 4.69) is 15.2 Å². The second-order valence-electron chi connectivity index (χ2n) is 5.57. The topological polar surface area (TPSA) is 58.9 Å². The van der Waals surface area contributed by atoms with E-state index < -0.39 is 0 Å². The Morgan fingerprint density at radius 2 is 2.22 bits per heavy atom. The van der Waals surface area contributed by atoms with Gasteiger partial charge in [0.2, 0.25) is 0 Å². The highest BCUT2D eigenvalue weighted by Gasteiger charge is 2.12. The number of morpholine rings is 1. The summed E-state index contributed by atoms with van der Waals surface area (Å²) in [4.78, 5) is 19.9. The fourth-order valence-corrected chi connectivity index (χ4v) is 3.86. The third-order valence-corrected chi connectivity index (χ3v) is 5.14. The molecule has 4 rings (SSSR count). The van der Waals surface area contributed by atoms with Crippen LogP contribution in [-0.2, 0) is 4.74 Å². The zero-order chi connectivity index (χ0) is 15.6. The highest BCUT2D eigenvalue weighted by atomic mass is 32.1. The van der Waals surface area contributed by atoms with Gasteiger partial charge < -0.3 is 10.1 Å². The third kappa shape index (κ3) is 2.95. The summed E-state index contributed by atoms with van der Waals surface area (Å²) in [5, 5.41) is 3.00. The first-order valence-corrected chi connectivity index (χ1v) is 8.57. The molecule has 1 aliphatic rings. The van der Waals surface area contributed by atoms with Crippen LogP contribution < -0.4 is 5.32 Å². The van der Waals surface area contributed by atoms with Crippen molar-refractivity contribution in [3.63, 3.8) is 0 Å². The number of fused-ring (bicyclic) bond motifs is 3. The van der Waals surface area contributed by atoms with Crippen LogP contribution in [0.5, 0.6) is 0 Å². The lowest BCUT2D eigenvalue weighted by Crippen LogP contribution is -2.41. The summed E-state index contributed by atoms with van der Waals surface area (Å²) in [5.74, 6) is -0.0220. The Bertz CT molecular complexity index is 835. The molecule has 6 nitrogen and oxygen atoms in total. The number of amides is 1. The molecule has 0 saturated carbocycles. The number of thiazole rings is 1. The molecule has 23 heavy (non-hydrogen) atoms. The second-order valence-corrected chi connectivity index (χ2v) is 6.58. The molecule has 1 N–H and O–H groups in total. The smallest absolute Gasteiger partial charge is 0.251 e. The molecular weight excluding hydrogens is 312 g/mol. The molecule has 1 aromatic carbocycles. The Kier molecular flexibility index (Phi) is 3.99. The van der Waals surface area contributed by atoms with Gasteiger partial charge in [0, 0.05) is 44.1 Å². The third-order valence-electron chi connectivity index (χ3n) is 4.11. The molecule has 0 unspecified atom stereocenters. The van der Waals surface area contributed by atoms with Crippen LogP contribution in [0.25, 0.3) is 15.2 Å². The summed E-state index contributed by atoms with van der Waals surface area (Å²) in [6.07, 6.45) is 3.73. The van der Waals surface area contributed by atoms with E-state index in [1.165, 1.54) is 0 Å². The van der Waals surface area contributed by atoms with Gasteiger partial charge in [0.25, 0.3) is 5.91 Å². The SMILES string of the molecule is O=C(NCCN1CCOCC1)c1ccc2c(c1)sc1nccn12. The van der Waals surface area contributed by atoms with E-state index in [1.807, 2.05) is 28.8 Å². The Balaban J connectivity index is 1.42. The maximum absolute atomic E-state index is 12.3. The summed E-state index contributed by atoms with van der Waals surface area (Å²) in [6, 6.07) is 5.80. The molecule has 1 saturated heterocycles. The number of hydrogen-bond acceptors (Lipinski definition) is 5. The molecule has 0 aliphatic carbocycles. The second kappa shape index (κ2) is 6.27. The lowest BCUT2D eigenvalue weighted by atomic mass is 10.2. The predicted octanol–water partition coefficient (Wildman–Crippen LogP) is 1.61. The highest BCUT2D eigenvalue weighted by molar-refractivity contribution is 7.23. The zero-order valence-corrected chi connectivity index (χ0v) is 13.5. The van der Waals surface area contributed by atoms with Gasteiger partial charge in [-0.25, -0.2) is 4.98 Å². The molecule has 0 spiro atoms. The van der Waals surface area contributed by atoms with Crippen molar-refractivity contribution in [3.8, 4) is 0 Å². The van der Waals surface area contributed by atoms with Crippen LogP contribution in [0.4, 0.5) is 0 Å². The van der Waals surface area contributed by atoms with E-state index >= 15 is 0 Å². The standard InChI is InChI=1S/C16H18N4O2S/c21-15(17-3-5-19-7-9-22-10-8-19)12-1-2-13-14(11-12)23-16-18-4-6-20(13)16/h1-2,4,6,11H,3,5,7-10H2,(H,17,21). The number of benzene rings is 1. The summed E-state index contributed by atoms with van der Waals surface area (Å²) in [7, 11) is 0. The number of ether oxygens (including phenoxy) is 1. The monoisotopic (exact) mass is 330 g/mol. The van der Waals surface area contributed by atoms with E-state index in [0.29, 0.717) is 12.1 Å². The molecule has 2 aromatic heterocycles. The van der Waals surface area contributed by atoms with Crippen molar-refractivity contribution in [3.05, 3.63) is 36.2 Å². The molecule has 1 amide bonds. The first-order chi connectivity index (χ1) is 11.3. The summed E-state index contributed by atoms with van der Waals surface area (Å²) in [6.45, 7) is 4.97. The molecule has 3 aromatic rings. The van der Waals surface area contributed by atoms with Crippen LogP contribution in [0, 0.1) is 0 Å².